The van der Waals surface area contributed by atoms with Gasteiger partial charge in [-0.3, -0.25) is 9.78 Å². The molecule has 0 aliphatic carbocycles. The quantitative estimate of drug-likeness (QED) is 0.599. The summed E-state index contributed by atoms with van der Waals surface area (Å²) in [5.41, 5.74) is 2.46. The minimum atomic E-state index is -0.902. The van der Waals surface area contributed by atoms with E-state index in [1.165, 1.54) is 6.08 Å². The van der Waals surface area contributed by atoms with E-state index >= 15 is 0 Å². The molecule has 2 rings (SSSR count). The Hall–Kier alpha value is -2.95. The molecule has 136 valence electrons. The Morgan fingerprint density at radius 2 is 1.88 bits per heavy atom. The molecule has 5 heteroatoms. The molecule has 2 atom stereocenters. The number of rotatable bonds is 7. The molecule has 0 radical (unpaired) electrons. The van der Waals surface area contributed by atoms with E-state index in [4.69, 9.17) is 4.74 Å². The van der Waals surface area contributed by atoms with Crippen LogP contribution in [0.2, 0.25) is 0 Å². The van der Waals surface area contributed by atoms with Crippen LogP contribution in [-0.2, 0) is 14.3 Å². The minimum Gasteiger partial charge on any atom is -0.449 e. The summed E-state index contributed by atoms with van der Waals surface area (Å²) in [5.74, 6) is -0.625. The van der Waals surface area contributed by atoms with E-state index in [9.17, 15) is 9.59 Å². The number of benzene rings is 1. The number of pyridine rings is 1. The van der Waals surface area contributed by atoms with Crippen LogP contribution in [0, 0.1) is 0 Å². The minimum absolute atomic E-state index is 0.325. The highest BCUT2D eigenvalue weighted by Gasteiger charge is 2.18. The molecule has 0 aliphatic heterocycles. The largest absolute Gasteiger partial charge is 0.449 e. The normalized spacial score (nSPS) is 13.2. The number of carbonyl (C=O) groups excluding carboxylic acids is 2. The van der Waals surface area contributed by atoms with Crippen molar-refractivity contribution in [2.75, 3.05) is 5.32 Å². The summed E-state index contributed by atoms with van der Waals surface area (Å²) in [5, 5.41) is 2.85. The van der Waals surface area contributed by atoms with E-state index in [-0.39, 0.29) is 5.91 Å². The van der Waals surface area contributed by atoms with Gasteiger partial charge in [-0.25, -0.2) is 4.79 Å². The van der Waals surface area contributed by atoms with Crippen LogP contribution in [-0.4, -0.2) is 23.0 Å². The topological polar surface area (TPSA) is 68.3 Å². The molecule has 0 bridgehead atoms. The summed E-state index contributed by atoms with van der Waals surface area (Å²) in [6, 6.07) is 13.1. The molecule has 1 heterocycles. The first-order valence-electron chi connectivity index (χ1n) is 8.70. The number of nitrogens with zero attached hydrogens (tertiary/aromatic N) is 1. The second kappa shape index (κ2) is 9.51. The third kappa shape index (κ3) is 5.55. The zero-order chi connectivity index (χ0) is 18.9. The predicted molar refractivity (Wildman–Crippen MR) is 103 cm³/mol. The first-order valence-corrected chi connectivity index (χ1v) is 8.70. The Labute approximate surface area is 154 Å². The smallest absolute Gasteiger partial charge is 0.331 e. The van der Waals surface area contributed by atoms with Crippen molar-refractivity contribution in [2.45, 2.75) is 39.2 Å². The Morgan fingerprint density at radius 3 is 2.58 bits per heavy atom. The molecule has 1 N–H and O–H groups in total. The number of amides is 1. The zero-order valence-electron chi connectivity index (χ0n) is 15.3. The number of nitrogens with one attached hydrogen (secondary N) is 1. The van der Waals surface area contributed by atoms with Crippen LogP contribution in [0.4, 0.5) is 5.69 Å². The summed E-state index contributed by atoms with van der Waals surface area (Å²) < 4.78 is 5.17. The van der Waals surface area contributed by atoms with E-state index in [0.717, 1.165) is 17.7 Å². The van der Waals surface area contributed by atoms with Crippen molar-refractivity contribution in [3.63, 3.8) is 0 Å². The molecule has 0 saturated carbocycles. The number of carbonyl (C=O) groups is 2. The molecular formula is C21H24N2O3. The van der Waals surface area contributed by atoms with Gasteiger partial charge >= 0.3 is 5.97 Å². The molecule has 0 saturated heterocycles. The molecule has 1 amide bonds. The van der Waals surface area contributed by atoms with Crippen LogP contribution in [0.1, 0.15) is 44.4 Å². The summed E-state index contributed by atoms with van der Waals surface area (Å²) in [7, 11) is 0. The van der Waals surface area contributed by atoms with Crippen LogP contribution in [0.15, 0.2) is 54.7 Å². The molecule has 5 nitrogen and oxygen atoms in total. The third-order valence-corrected chi connectivity index (χ3v) is 4.10. The lowest BCUT2D eigenvalue weighted by Gasteiger charge is -2.17. The SMILES string of the molecule is CCC(C)c1ccccc1NC(=O)C(C)OC(=O)C=Cc1ccccn1. The van der Waals surface area contributed by atoms with E-state index in [0.29, 0.717) is 11.6 Å². The van der Waals surface area contributed by atoms with E-state index in [1.54, 1.807) is 31.3 Å². The number of hydrogen-bond acceptors (Lipinski definition) is 4. The molecule has 2 unspecified atom stereocenters. The van der Waals surface area contributed by atoms with Gasteiger partial charge in [-0.15, -0.1) is 0 Å². The number of hydrogen-bond donors (Lipinski definition) is 1. The Morgan fingerprint density at radius 1 is 1.15 bits per heavy atom. The van der Waals surface area contributed by atoms with Crippen molar-refractivity contribution in [3.8, 4) is 0 Å². The molecule has 0 spiro atoms. The number of ether oxygens (including phenoxy) is 1. The monoisotopic (exact) mass is 352 g/mol. The molecular weight excluding hydrogens is 328 g/mol. The first-order chi connectivity index (χ1) is 12.5. The van der Waals surface area contributed by atoms with Gasteiger partial charge in [0.15, 0.2) is 6.10 Å². The standard InChI is InChI=1S/C21H24N2O3/c1-4-15(2)18-10-5-6-11-19(18)23-21(25)16(3)26-20(24)13-12-17-9-7-8-14-22-17/h5-16H,4H2,1-3H3,(H,23,25). The van der Waals surface area contributed by atoms with Crippen molar-refractivity contribution in [3.05, 3.63) is 66.0 Å². The zero-order valence-corrected chi connectivity index (χ0v) is 15.3. The molecule has 0 aliphatic rings. The van der Waals surface area contributed by atoms with Gasteiger partial charge < -0.3 is 10.1 Å². The van der Waals surface area contributed by atoms with Gasteiger partial charge in [0, 0.05) is 18.0 Å². The van der Waals surface area contributed by atoms with Crippen LogP contribution in [0.3, 0.4) is 0 Å². The summed E-state index contributed by atoms with van der Waals surface area (Å²) in [6.45, 7) is 5.76. The van der Waals surface area contributed by atoms with E-state index in [2.05, 4.69) is 24.1 Å². The second-order valence-electron chi connectivity index (χ2n) is 6.05. The fourth-order valence-corrected chi connectivity index (χ4v) is 2.39. The fraction of sp³-hybridized carbons (Fsp3) is 0.286. The van der Waals surface area contributed by atoms with Gasteiger partial charge in [0.1, 0.15) is 0 Å². The van der Waals surface area contributed by atoms with Crippen LogP contribution < -0.4 is 5.32 Å². The predicted octanol–water partition coefficient (Wildman–Crippen LogP) is 4.18. The van der Waals surface area contributed by atoms with Crippen LogP contribution >= 0.6 is 0 Å². The number of para-hydroxylation sites is 1. The van der Waals surface area contributed by atoms with E-state index in [1.807, 2.05) is 30.3 Å². The van der Waals surface area contributed by atoms with Gasteiger partial charge in [0.25, 0.3) is 5.91 Å². The lowest BCUT2D eigenvalue weighted by molar-refractivity contribution is -0.148. The van der Waals surface area contributed by atoms with Gasteiger partial charge in [-0.05, 0) is 49.1 Å². The highest BCUT2D eigenvalue weighted by Crippen LogP contribution is 2.26. The first kappa shape index (κ1) is 19.4. The number of aromatic nitrogens is 1. The molecule has 0 fully saturated rings. The molecule has 1 aromatic heterocycles. The lowest BCUT2D eigenvalue weighted by atomic mass is 9.97. The average Bonchev–Trinajstić information content (AvgIpc) is 2.67. The number of anilines is 1. The maximum Gasteiger partial charge on any atom is 0.331 e. The number of esters is 1. The van der Waals surface area contributed by atoms with Crippen LogP contribution in [0.25, 0.3) is 6.08 Å². The average molecular weight is 352 g/mol. The summed E-state index contributed by atoms with van der Waals surface area (Å²) >= 11 is 0. The molecule has 1 aromatic carbocycles. The van der Waals surface area contributed by atoms with Crippen molar-refractivity contribution in [1.29, 1.82) is 0 Å². The Kier molecular flexibility index (Phi) is 7.09. The van der Waals surface area contributed by atoms with Crippen molar-refractivity contribution >= 4 is 23.6 Å². The van der Waals surface area contributed by atoms with Crippen LogP contribution in [0.5, 0.6) is 0 Å². The van der Waals surface area contributed by atoms with Gasteiger partial charge in [-0.2, -0.15) is 0 Å². The maximum absolute atomic E-state index is 12.4. The summed E-state index contributed by atoms with van der Waals surface area (Å²) in [6.07, 6.45) is 4.51. The van der Waals surface area contributed by atoms with Crippen molar-refractivity contribution < 1.29 is 14.3 Å². The van der Waals surface area contributed by atoms with Crippen molar-refractivity contribution in [1.82, 2.24) is 4.98 Å². The summed E-state index contributed by atoms with van der Waals surface area (Å²) in [4.78, 5) is 28.3. The third-order valence-electron chi connectivity index (χ3n) is 4.10. The maximum atomic E-state index is 12.4. The van der Waals surface area contributed by atoms with Gasteiger partial charge in [0.05, 0.1) is 5.69 Å². The van der Waals surface area contributed by atoms with E-state index < -0.39 is 12.1 Å². The highest BCUT2D eigenvalue weighted by atomic mass is 16.5. The molecule has 2 aromatic rings. The Balaban J connectivity index is 1.96. The molecule has 26 heavy (non-hydrogen) atoms. The second-order valence-corrected chi connectivity index (χ2v) is 6.05. The Bertz CT molecular complexity index is 772. The lowest BCUT2D eigenvalue weighted by Crippen LogP contribution is -2.29. The van der Waals surface area contributed by atoms with Crippen molar-refractivity contribution in [2.24, 2.45) is 0 Å². The fourth-order valence-electron chi connectivity index (χ4n) is 2.39. The van der Waals surface area contributed by atoms with Gasteiger partial charge in [-0.1, -0.05) is 38.1 Å². The highest BCUT2D eigenvalue weighted by molar-refractivity contribution is 5.97. The van der Waals surface area contributed by atoms with Gasteiger partial charge in [0.2, 0.25) is 0 Å².